The van der Waals surface area contributed by atoms with Crippen LogP contribution in [0.4, 0.5) is 5.82 Å². The highest BCUT2D eigenvalue weighted by atomic mass is 32.2. The summed E-state index contributed by atoms with van der Waals surface area (Å²) in [6, 6.07) is 3.76. The highest BCUT2D eigenvalue weighted by molar-refractivity contribution is 8.01. The Morgan fingerprint density at radius 2 is 2.26 bits per heavy atom. The maximum absolute atomic E-state index is 11.8. The van der Waals surface area contributed by atoms with E-state index in [1.54, 1.807) is 29.3 Å². The summed E-state index contributed by atoms with van der Waals surface area (Å²) in [5.74, 6) is 1.28. The Bertz CT molecular complexity index is 570. The van der Waals surface area contributed by atoms with Crippen molar-refractivity contribution in [3.05, 3.63) is 28.9 Å². The third-order valence-corrected chi connectivity index (χ3v) is 4.30. The van der Waals surface area contributed by atoms with Crippen LogP contribution in [0.5, 0.6) is 0 Å². The first kappa shape index (κ1) is 14.0. The van der Waals surface area contributed by atoms with Crippen molar-refractivity contribution in [1.29, 1.82) is 0 Å². The Labute approximate surface area is 119 Å². The molecule has 0 aliphatic rings. The molecule has 0 aliphatic carbocycles. The number of rotatable bonds is 5. The fraction of sp³-hybridized carbons (Fsp3) is 0.333. The lowest BCUT2D eigenvalue weighted by atomic mass is 10.3. The number of carbonyl (C=O) groups excluding carboxylic acids is 1. The van der Waals surface area contributed by atoms with Gasteiger partial charge in [-0.05, 0) is 25.5 Å². The molecule has 2 heterocycles. The molecule has 2 rings (SSSR count). The van der Waals surface area contributed by atoms with Gasteiger partial charge in [-0.2, -0.15) is 0 Å². The fourth-order valence-electron chi connectivity index (χ4n) is 1.38. The Hall–Kier alpha value is -1.47. The van der Waals surface area contributed by atoms with Gasteiger partial charge in [0.25, 0.3) is 0 Å². The molecule has 100 valence electrons. The van der Waals surface area contributed by atoms with Gasteiger partial charge in [0, 0.05) is 18.4 Å². The van der Waals surface area contributed by atoms with Crippen LogP contribution in [0.15, 0.2) is 22.7 Å². The Kier molecular flexibility index (Phi) is 4.86. The third-order valence-electron chi connectivity index (χ3n) is 2.33. The highest BCUT2D eigenvalue weighted by Crippen LogP contribution is 2.22. The lowest BCUT2D eigenvalue weighted by Gasteiger charge is -2.05. The van der Waals surface area contributed by atoms with Crippen molar-refractivity contribution in [2.75, 3.05) is 11.1 Å². The van der Waals surface area contributed by atoms with Gasteiger partial charge in [-0.3, -0.25) is 4.79 Å². The predicted molar refractivity (Wildman–Crippen MR) is 77.6 cm³/mol. The molecule has 0 bridgehead atoms. The van der Waals surface area contributed by atoms with Gasteiger partial charge in [0.2, 0.25) is 5.91 Å². The first-order chi connectivity index (χ1) is 9.15. The second kappa shape index (κ2) is 6.63. The van der Waals surface area contributed by atoms with Crippen LogP contribution < -0.4 is 5.32 Å². The van der Waals surface area contributed by atoms with Crippen LogP contribution in [0, 0.1) is 13.8 Å². The van der Waals surface area contributed by atoms with Gasteiger partial charge >= 0.3 is 0 Å². The molecule has 0 spiro atoms. The molecule has 1 N–H and O–H groups in total. The monoisotopic (exact) mass is 294 g/mol. The van der Waals surface area contributed by atoms with E-state index in [0.717, 1.165) is 14.9 Å². The van der Waals surface area contributed by atoms with Gasteiger partial charge in [0.15, 0.2) is 4.34 Å². The predicted octanol–water partition coefficient (Wildman–Crippen LogP) is 2.67. The number of nitrogens with zero attached hydrogens (tertiary/aromatic N) is 3. The minimum Gasteiger partial charge on any atom is -0.310 e. The van der Waals surface area contributed by atoms with Crippen molar-refractivity contribution in [3.63, 3.8) is 0 Å². The van der Waals surface area contributed by atoms with Crippen molar-refractivity contribution >= 4 is 34.8 Å². The average Bonchev–Trinajstić information content (AvgIpc) is 2.78. The van der Waals surface area contributed by atoms with E-state index in [2.05, 4.69) is 20.5 Å². The van der Waals surface area contributed by atoms with Crippen molar-refractivity contribution in [1.82, 2.24) is 15.2 Å². The fourth-order valence-corrected chi connectivity index (χ4v) is 3.20. The highest BCUT2D eigenvalue weighted by Gasteiger charge is 2.07. The van der Waals surface area contributed by atoms with Crippen LogP contribution in [0.1, 0.15) is 17.0 Å². The quantitative estimate of drug-likeness (QED) is 0.859. The molecule has 0 saturated carbocycles. The van der Waals surface area contributed by atoms with Crippen LogP contribution >= 0.6 is 23.1 Å². The van der Waals surface area contributed by atoms with Gasteiger partial charge in [0.05, 0.1) is 0 Å². The van der Waals surface area contributed by atoms with Crippen LogP contribution in [-0.2, 0) is 4.79 Å². The number of aryl methyl sites for hydroxylation is 2. The molecular formula is C12H14N4OS2. The molecule has 0 radical (unpaired) electrons. The zero-order chi connectivity index (χ0) is 13.7. The molecule has 0 fully saturated rings. The average molecular weight is 294 g/mol. The van der Waals surface area contributed by atoms with E-state index in [4.69, 9.17) is 0 Å². The van der Waals surface area contributed by atoms with E-state index in [9.17, 15) is 4.79 Å². The number of pyridine rings is 1. The van der Waals surface area contributed by atoms with E-state index in [1.165, 1.54) is 0 Å². The second-order valence-corrected chi connectivity index (χ2v) is 6.43. The van der Waals surface area contributed by atoms with Gasteiger partial charge in [-0.1, -0.05) is 29.2 Å². The molecular weight excluding hydrogens is 280 g/mol. The number of amides is 1. The smallest absolute Gasteiger partial charge is 0.226 e. The van der Waals surface area contributed by atoms with E-state index >= 15 is 0 Å². The van der Waals surface area contributed by atoms with Crippen molar-refractivity contribution < 1.29 is 4.79 Å². The first-order valence-electron chi connectivity index (χ1n) is 5.79. The zero-order valence-electron chi connectivity index (χ0n) is 10.7. The van der Waals surface area contributed by atoms with Gasteiger partial charge < -0.3 is 5.32 Å². The van der Waals surface area contributed by atoms with Crippen LogP contribution in [0.25, 0.3) is 0 Å². The second-order valence-electron chi connectivity index (χ2n) is 3.90. The summed E-state index contributed by atoms with van der Waals surface area (Å²) in [5, 5.41) is 11.7. The number of aromatic nitrogens is 3. The van der Waals surface area contributed by atoms with Crippen molar-refractivity contribution in [3.8, 4) is 0 Å². The number of thioether (sulfide) groups is 1. The minimum absolute atomic E-state index is 0.0319. The van der Waals surface area contributed by atoms with E-state index in [0.29, 0.717) is 18.0 Å². The SMILES string of the molecule is Cc1nnc(SCCC(=O)Nc2ncccc2C)s1. The molecule has 2 aromatic heterocycles. The van der Waals surface area contributed by atoms with Gasteiger partial charge in [-0.25, -0.2) is 4.98 Å². The standard InChI is InChI=1S/C12H14N4OS2/c1-8-4-3-6-13-11(8)14-10(17)5-7-18-12-16-15-9(2)19-12/h3-4,6H,5,7H2,1-2H3,(H,13,14,17). The summed E-state index contributed by atoms with van der Waals surface area (Å²) in [5.41, 5.74) is 0.961. The molecule has 2 aromatic rings. The largest absolute Gasteiger partial charge is 0.310 e. The number of carbonyl (C=O) groups is 1. The minimum atomic E-state index is -0.0319. The number of hydrogen-bond donors (Lipinski definition) is 1. The van der Waals surface area contributed by atoms with Crippen LogP contribution in [-0.4, -0.2) is 26.8 Å². The molecule has 0 atom stereocenters. The molecule has 0 aromatic carbocycles. The van der Waals surface area contributed by atoms with Crippen molar-refractivity contribution in [2.45, 2.75) is 24.6 Å². The summed E-state index contributed by atoms with van der Waals surface area (Å²) >= 11 is 3.09. The van der Waals surface area contributed by atoms with Gasteiger partial charge in [0.1, 0.15) is 10.8 Å². The van der Waals surface area contributed by atoms with Crippen LogP contribution in [0.3, 0.4) is 0 Å². The molecule has 1 amide bonds. The topological polar surface area (TPSA) is 67.8 Å². The normalized spacial score (nSPS) is 10.4. The number of nitrogens with one attached hydrogen (secondary N) is 1. The lowest BCUT2D eigenvalue weighted by molar-refractivity contribution is -0.115. The number of anilines is 1. The summed E-state index contributed by atoms with van der Waals surface area (Å²) in [6.45, 7) is 3.83. The lowest BCUT2D eigenvalue weighted by Crippen LogP contribution is -2.14. The molecule has 5 nitrogen and oxygen atoms in total. The summed E-state index contributed by atoms with van der Waals surface area (Å²) in [4.78, 5) is 15.9. The van der Waals surface area contributed by atoms with Gasteiger partial charge in [-0.15, -0.1) is 10.2 Å². The Balaban J connectivity index is 1.77. The molecule has 0 saturated heterocycles. The number of hydrogen-bond acceptors (Lipinski definition) is 6. The Morgan fingerprint density at radius 3 is 2.95 bits per heavy atom. The summed E-state index contributed by atoms with van der Waals surface area (Å²) in [7, 11) is 0. The maximum atomic E-state index is 11.8. The van der Waals surface area contributed by atoms with E-state index in [1.807, 2.05) is 26.0 Å². The van der Waals surface area contributed by atoms with E-state index in [-0.39, 0.29) is 5.91 Å². The van der Waals surface area contributed by atoms with Crippen LogP contribution in [0.2, 0.25) is 0 Å². The third kappa shape index (κ3) is 4.29. The molecule has 0 unspecified atom stereocenters. The molecule has 19 heavy (non-hydrogen) atoms. The van der Waals surface area contributed by atoms with E-state index < -0.39 is 0 Å². The molecule has 0 aliphatic heterocycles. The summed E-state index contributed by atoms with van der Waals surface area (Å²) < 4.78 is 0.902. The van der Waals surface area contributed by atoms with Crippen molar-refractivity contribution in [2.24, 2.45) is 0 Å². The summed E-state index contributed by atoms with van der Waals surface area (Å²) in [6.07, 6.45) is 2.10. The zero-order valence-corrected chi connectivity index (χ0v) is 12.3. The Morgan fingerprint density at radius 1 is 1.42 bits per heavy atom. The molecule has 7 heteroatoms. The maximum Gasteiger partial charge on any atom is 0.226 e. The first-order valence-corrected chi connectivity index (χ1v) is 7.60.